The molecule has 3 aromatic rings. The van der Waals surface area contributed by atoms with Gasteiger partial charge < -0.3 is 5.32 Å². The first-order chi connectivity index (χ1) is 14.6. The predicted molar refractivity (Wildman–Crippen MR) is 117 cm³/mol. The van der Waals surface area contributed by atoms with Gasteiger partial charge in [0.1, 0.15) is 0 Å². The first-order valence-corrected chi connectivity index (χ1v) is 11.0. The van der Waals surface area contributed by atoms with E-state index in [0.717, 1.165) is 47.4 Å². The van der Waals surface area contributed by atoms with Crippen LogP contribution in [0.4, 0.5) is 0 Å². The Morgan fingerprint density at radius 3 is 2.53 bits per heavy atom. The van der Waals surface area contributed by atoms with Gasteiger partial charge >= 0.3 is 0 Å². The van der Waals surface area contributed by atoms with E-state index in [0.29, 0.717) is 18.0 Å². The Morgan fingerprint density at radius 2 is 1.83 bits per heavy atom. The molecule has 1 aliphatic heterocycles. The van der Waals surface area contributed by atoms with Crippen LogP contribution >= 0.6 is 0 Å². The molecule has 3 heterocycles. The highest BCUT2D eigenvalue weighted by molar-refractivity contribution is 6.06. The van der Waals surface area contributed by atoms with E-state index < -0.39 is 0 Å². The number of aryl methyl sites for hydroxylation is 2. The topological polar surface area (TPSA) is 63.1 Å². The Balaban J connectivity index is 1.31. The average Bonchev–Trinajstić information content (AvgIpc) is 3.41. The van der Waals surface area contributed by atoms with Gasteiger partial charge in [-0.25, -0.2) is 4.98 Å². The molecule has 30 heavy (non-hydrogen) atoms. The summed E-state index contributed by atoms with van der Waals surface area (Å²) in [5.74, 6) is 0.431. The molecule has 1 N–H and O–H groups in total. The zero-order valence-electron chi connectivity index (χ0n) is 17.8. The monoisotopic (exact) mass is 403 g/mol. The molecule has 1 aliphatic carbocycles. The molecule has 0 atom stereocenters. The number of hydrogen-bond donors (Lipinski definition) is 1. The van der Waals surface area contributed by atoms with Gasteiger partial charge in [-0.05, 0) is 62.9 Å². The summed E-state index contributed by atoms with van der Waals surface area (Å²) in [6, 6.07) is 10.6. The molecule has 2 aliphatic rings. The zero-order chi connectivity index (χ0) is 20.7. The SMILES string of the molecule is Cc1nn(C)c2nc(C3CC3)cc(C(=O)NCc3ccc(CN4CCCC4)cc3)c12. The van der Waals surface area contributed by atoms with Crippen LogP contribution in [0, 0.1) is 6.92 Å². The highest BCUT2D eigenvalue weighted by Crippen LogP contribution is 2.40. The van der Waals surface area contributed by atoms with Crippen LogP contribution in [0.3, 0.4) is 0 Å². The van der Waals surface area contributed by atoms with Crippen molar-refractivity contribution in [3.05, 3.63) is 58.4 Å². The van der Waals surface area contributed by atoms with Gasteiger partial charge in [0.15, 0.2) is 5.65 Å². The largest absolute Gasteiger partial charge is 0.348 e. The summed E-state index contributed by atoms with van der Waals surface area (Å²) in [5.41, 5.74) is 5.80. The number of pyridine rings is 1. The summed E-state index contributed by atoms with van der Waals surface area (Å²) in [5, 5.41) is 8.46. The number of fused-ring (bicyclic) bond motifs is 1. The third kappa shape index (κ3) is 3.84. The van der Waals surface area contributed by atoms with Crippen LogP contribution in [-0.4, -0.2) is 38.7 Å². The van der Waals surface area contributed by atoms with E-state index in [4.69, 9.17) is 4.98 Å². The number of hydrogen-bond acceptors (Lipinski definition) is 4. The van der Waals surface area contributed by atoms with Gasteiger partial charge in [-0.1, -0.05) is 24.3 Å². The lowest BCUT2D eigenvalue weighted by Gasteiger charge is -2.15. The second kappa shape index (κ2) is 7.84. The number of aromatic nitrogens is 3. The minimum Gasteiger partial charge on any atom is -0.348 e. The second-order valence-electron chi connectivity index (χ2n) is 8.76. The van der Waals surface area contributed by atoms with Crippen LogP contribution in [0.25, 0.3) is 11.0 Å². The van der Waals surface area contributed by atoms with Crippen LogP contribution in [0.2, 0.25) is 0 Å². The Bertz CT molecular complexity index is 1080. The van der Waals surface area contributed by atoms with Crippen molar-refractivity contribution in [3.63, 3.8) is 0 Å². The quantitative estimate of drug-likeness (QED) is 0.682. The zero-order valence-corrected chi connectivity index (χ0v) is 17.8. The highest BCUT2D eigenvalue weighted by atomic mass is 16.1. The lowest BCUT2D eigenvalue weighted by molar-refractivity contribution is 0.0952. The maximum atomic E-state index is 13.1. The van der Waals surface area contributed by atoms with E-state index in [1.165, 1.54) is 31.5 Å². The standard InChI is InChI=1S/C24H29N5O/c1-16-22-20(13-21(19-9-10-19)26-23(22)28(2)27-16)24(30)25-14-17-5-7-18(8-6-17)15-29-11-3-4-12-29/h5-8,13,19H,3-4,9-12,14-15H2,1-2H3,(H,25,30). The summed E-state index contributed by atoms with van der Waals surface area (Å²) in [6.45, 7) is 5.89. The summed E-state index contributed by atoms with van der Waals surface area (Å²) >= 11 is 0. The lowest BCUT2D eigenvalue weighted by Crippen LogP contribution is -2.23. The van der Waals surface area contributed by atoms with Crippen molar-refractivity contribution >= 4 is 16.9 Å². The number of nitrogens with one attached hydrogen (secondary N) is 1. The fourth-order valence-electron chi connectivity index (χ4n) is 4.47. The predicted octanol–water partition coefficient (Wildman–Crippen LogP) is 3.68. The van der Waals surface area contributed by atoms with Crippen molar-refractivity contribution in [2.75, 3.05) is 13.1 Å². The first kappa shape index (κ1) is 19.2. The van der Waals surface area contributed by atoms with Gasteiger partial charge in [0.25, 0.3) is 5.91 Å². The summed E-state index contributed by atoms with van der Waals surface area (Å²) in [4.78, 5) is 20.4. The Labute approximate surface area is 177 Å². The van der Waals surface area contributed by atoms with Crippen molar-refractivity contribution in [1.29, 1.82) is 0 Å². The maximum Gasteiger partial charge on any atom is 0.252 e. The molecule has 1 saturated carbocycles. The van der Waals surface area contributed by atoms with Crippen molar-refractivity contribution in [2.45, 2.75) is 51.6 Å². The molecule has 5 rings (SSSR count). The van der Waals surface area contributed by atoms with E-state index in [-0.39, 0.29) is 5.91 Å². The number of benzene rings is 1. The molecule has 0 radical (unpaired) electrons. The van der Waals surface area contributed by atoms with E-state index in [2.05, 4.69) is 39.6 Å². The average molecular weight is 404 g/mol. The number of nitrogens with zero attached hydrogens (tertiary/aromatic N) is 4. The number of likely N-dealkylation sites (tertiary alicyclic amines) is 1. The van der Waals surface area contributed by atoms with Gasteiger partial charge in [-0.3, -0.25) is 14.4 Å². The van der Waals surface area contributed by atoms with E-state index in [9.17, 15) is 4.79 Å². The van der Waals surface area contributed by atoms with Gasteiger partial charge in [0, 0.05) is 31.7 Å². The smallest absolute Gasteiger partial charge is 0.252 e. The van der Waals surface area contributed by atoms with Crippen LogP contribution in [-0.2, 0) is 20.1 Å². The molecule has 1 aromatic carbocycles. The molecule has 156 valence electrons. The van der Waals surface area contributed by atoms with Crippen molar-refractivity contribution in [3.8, 4) is 0 Å². The van der Waals surface area contributed by atoms with E-state index >= 15 is 0 Å². The molecule has 2 fully saturated rings. The molecule has 1 amide bonds. The fraction of sp³-hybridized carbons (Fsp3) is 0.458. The maximum absolute atomic E-state index is 13.1. The summed E-state index contributed by atoms with van der Waals surface area (Å²) < 4.78 is 1.78. The molecular formula is C24H29N5O. The molecular weight excluding hydrogens is 374 g/mol. The van der Waals surface area contributed by atoms with Gasteiger partial charge in [-0.15, -0.1) is 0 Å². The molecule has 0 bridgehead atoms. The third-order valence-electron chi connectivity index (χ3n) is 6.31. The normalized spacial score (nSPS) is 17.0. The molecule has 0 unspecified atom stereocenters. The van der Waals surface area contributed by atoms with Gasteiger partial charge in [0.05, 0.1) is 16.6 Å². The number of carbonyl (C=O) groups is 1. The Hall–Kier alpha value is -2.73. The third-order valence-corrected chi connectivity index (χ3v) is 6.31. The molecule has 1 saturated heterocycles. The minimum atomic E-state index is -0.0541. The second-order valence-corrected chi connectivity index (χ2v) is 8.76. The van der Waals surface area contributed by atoms with Crippen LogP contribution in [0.1, 0.15) is 64.5 Å². The van der Waals surface area contributed by atoms with Crippen LogP contribution in [0.15, 0.2) is 30.3 Å². The van der Waals surface area contributed by atoms with Crippen molar-refractivity contribution in [1.82, 2.24) is 25.0 Å². The fourth-order valence-corrected chi connectivity index (χ4v) is 4.47. The highest BCUT2D eigenvalue weighted by Gasteiger charge is 2.28. The number of carbonyl (C=O) groups excluding carboxylic acids is 1. The van der Waals surface area contributed by atoms with Gasteiger partial charge in [0.2, 0.25) is 0 Å². The number of rotatable bonds is 6. The molecule has 6 nitrogen and oxygen atoms in total. The van der Waals surface area contributed by atoms with E-state index in [1.807, 2.05) is 20.0 Å². The van der Waals surface area contributed by atoms with Crippen LogP contribution in [0.5, 0.6) is 0 Å². The van der Waals surface area contributed by atoms with Gasteiger partial charge in [-0.2, -0.15) is 5.10 Å². The molecule has 2 aromatic heterocycles. The first-order valence-electron chi connectivity index (χ1n) is 11.0. The number of amides is 1. The van der Waals surface area contributed by atoms with Crippen molar-refractivity contribution < 1.29 is 4.79 Å². The van der Waals surface area contributed by atoms with Crippen LogP contribution < -0.4 is 5.32 Å². The Morgan fingerprint density at radius 1 is 1.13 bits per heavy atom. The van der Waals surface area contributed by atoms with Crippen molar-refractivity contribution in [2.24, 2.45) is 7.05 Å². The molecule has 6 heteroatoms. The van der Waals surface area contributed by atoms with E-state index in [1.54, 1.807) is 4.68 Å². The summed E-state index contributed by atoms with van der Waals surface area (Å²) in [6.07, 6.45) is 4.93. The minimum absolute atomic E-state index is 0.0541. The molecule has 0 spiro atoms. The summed E-state index contributed by atoms with van der Waals surface area (Å²) in [7, 11) is 1.89. The lowest BCUT2D eigenvalue weighted by atomic mass is 10.1. The Kier molecular flexibility index (Phi) is 5.03.